The van der Waals surface area contributed by atoms with Gasteiger partial charge in [0.2, 0.25) is 0 Å². The van der Waals surface area contributed by atoms with E-state index in [1.165, 1.54) is 13.2 Å². The van der Waals surface area contributed by atoms with E-state index in [0.717, 1.165) is 25.9 Å². The highest BCUT2D eigenvalue weighted by molar-refractivity contribution is 6.30. The summed E-state index contributed by atoms with van der Waals surface area (Å²) in [6.45, 7) is 3.45. The van der Waals surface area contributed by atoms with Crippen molar-refractivity contribution >= 4 is 17.5 Å². The zero-order chi connectivity index (χ0) is 21.7. The van der Waals surface area contributed by atoms with Gasteiger partial charge in [0.1, 0.15) is 5.82 Å². The lowest BCUT2D eigenvalue weighted by Crippen LogP contribution is -2.42. The minimum Gasteiger partial charge on any atom is -0.385 e. The fourth-order valence-corrected chi connectivity index (χ4v) is 4.83. The van der Waals surface area contributed by atoms with E-state index in [-0.39, 0.29) is 17.0 Å². The van der Waals surface area contributed by atoms with Crippen molar-refractivity contribution in [3.8, 4) is 0 Å². The molecule has 2 atom stereocenters. The molecule has 0 bridgehead atoms. The maximum Gasteiger partial charge on any atom is 0.254 e. The minimum atomic E-state index is -1.45. The first kappa shape index (κ1) is 21.2. The smallest absolute Gasteiger partial charge is 0.254 e. The monoisotopic (exact) mass is 432 g/mol. The number of hydrogen-bond acceptors (Lipinski definition) is 4. The quantitative estimate of drug-likeness (QED) is 0.774. The van der Waals surface area contributed by atoms with Gasteiger partial charge in [0.25, 0.3) is 5.91 Å². The molecule has 4 rings (SSSR count). The Balaban J connectivity index is 1.79. The van der Waals surface area contributed by atoms with E-state index in [2.05, 4.69) is 10.2 Å². The highest BCUT2D eigenvalue weighted by Crippen LogP contribution is 2.43. The third-order valence-corrected chi connectivity index (χ3v) is 6.88. The van der Waals surface area contributed by atoms with Gasteiger partial charge in [-0.1, -0.05) is 23.7 Å². The number of halogens is 2. The van der Waals surface area contributed by atoms with Crippen LogP contribution in [0.5, 0.6) is 0 Å². The van der Waals surface area contributed by atoms with Crippen molar-refractivity contribution in [2.45, 2.75) is 31.1 Å². The number of rotatable bonds is 4. The van der Waals surface area contributed by atoms with Crippen LogP contribution in [-0.2, 0) is 16.1 Å². The van der Waals surface area contributed by atoms with Crippen LogP contribution in [-0.4, -0.2) is 43.2 Å². The maximum absolute atomic E-state index is 15.5. The summed E-state index contributed by atoms with van der Waals surface area (Å²) < 4.78 is 21.2. The second kappa shape index (κ2) is 7.61. The molecule has 2 heterocycles. The molecule has 1 amide bonds. The lowest BCUT2D eigenvalue weighted by Gasteiger charge is -2.39. The Morgan fingerprint density at radius 3 is 2.50 bits per heavy atom. The van der Waals surface area contributed by atoms with Crippen molar-refractivity contribution in [3.05, 3.63) is 69.5 Å². The number of ether oxygens (including phenoxy) is 1. The van der Waals surface area contributed by atoms with E-state index in [1.807, 2.05) is 7.05 Å². The number of piperidine rings is 1. The third kappa shape index (κ3) is 3.32. The van der Waals surface area contributed by atoms with Crippen LogP contribution >= 0.6 is 11.6 Å². The van der Waals surface area contributed by atoms with Crippen molar-refractivity contribution in [2.75, 3.05) is 27.2 Å². The van der Waals surface area contributed by atoms with Gasteiger partial charge < -0.3 is 20.1 Å². The Morgan fingerprint density at radius 2 is 1.90 bits per heavy atom. The number of carbonyl (C=O) groups is 1. The molecule has 2 N–H and O–H groups in total. The van der Waals surface area contributed by atoms with E-state index in [0.29, 0.717) is 16.1 Å². The molecule has 0 radical (unpaired) electrons. The van der Waals surface area contributed by atoms with Crippen LogP contribution in [0.4, 0.5) is 4.39 Å². The highest BCUT2D eigenvalue weighted by atomic mass is 35.5. The molecule has 1 saturated heterocycles. The molecule has 2 aliphatic heterocycles. The van der Waals surface area contributed by atoms with Crippen molar-refractivity contribution in [1.82, 2.24) is 10.2 Å². The number of aliphatic hydroxyl groups is 1. The molecule has 2 aromatic carbocycles. The molecule has 7 heteroatoms. The van der Waals surface area contributed by atoms with Gasteiger partial charge in [-0.05, 0) is 75.6 Å². The molecule has 0 aromatic heterocycles. The van der Waals surface area contributed by atoms with Crippen LogP contribution in [0.3, 0.4) is 0 Å². The average molecular weight is 433 g/mol. The third-order valence-electron chi connectivity index (χ3n) is 6.63. The van der Waals surface area contributed by atoms with E-state index >= 15 is 4.39 Å². The number of amides is 1. The Kier molecular flexibility index (Phi) is 5.39. The van der Waals surface area contributed by atoms with E-state index < -0.39 is 23.1 Å². The molecule has 2 aromatic rings. The highest BCUT2D eigenvalue weighted by Gasteiger charge is 2.48. The first-order valence-electron chi connectivity index (χ1n) is 10.1. The molecule has 0 saturated carbocycles. The summed E-state index contributed by atoms with van der Waals surface area (Å²) in [5.41, 5.74) is -1.41. The summed E-state index contributed by atoms with van der Waals surface area (Å²) in [5, 5.41) is 14.6. The summed E-state index contributed by atoms with van der Waals surface area (Å²) in [6.07, 6.45) is 1.61. The minimum absolute atomic E-state index is 0.0148. The van der Waals surface area contributed by atoms with Crippen LogP contribution < -0.4 is 5.32 Å². The van der Waals surface area contributed by atoms with Crippen LogP contribution in [0.15, 0.2) is 36.4 Å². The van der Waals surface area contributed by atoms with E-state index in [1.54, 1.807) is 37.3 Å². The summed E-state index contributed by atoms with van der Waals surface area (Å²) in [6, 6.07) is 9.66. The second-order valence-corrected chi connectivity index (χ2v) is 8.89. The zero-order valence-corrected chi connectivity index (χ0v) is 18.1. The number of nitrogens with zero attached hydrogens (tertiary/aromatic N) is 1. The van der Waals surface area contributed by atoms with Crippen molar-refractivity contribution in [2.24, 2.45) is 5.92 Å². The Morgan fingerprint density at radius 1 is 1.27 bits per heavy atom. The first-order chi connectivity index (χ1) is 14.2. The largest absolute Gasteiger partial charge is 0.385 e. The average Bonchev–Trinajstić information content (AvgIpc) is 3.02. The van der Waals surface area contributed by atoms with Gasteiger partial charge in [-0.2, -0.15) is 0 Å². The number of methoxy groups -OCH3 is 1. The number of hydrogen-bond donors (Lipinski definition) is 2. The fourth-order valence-electron chi connectivity index (χ4n) is 4.70. The van der Waals surface area contributed by atoms with Crippen molar-refractivity contribution in [1.29, 1.82) is 0 Å². The second-order valence-electron chi connectivity index (χ2n) is 8.45. The normalized spacial score (nSPS) is 24.4. The SMILES string of the molecule is COC1(c2ccc(Cl)cc2)NC(=O)c2cc(C(C)(O)C3CCN(C)CC3)cc(F)c21. The molecular formula is C23H26ClFN2O3. The Labute approximate surface area is 180 Å². The number of benzene rings is 2. The van der Waals surface area contributed by atoms with Gasteiger partial charge in [0, 0.05) is 17.7 Å². The van der Waals surface area contributed by atoms with Crippen molar-refractivity contribution in [3.63, 3.8) is 0 Å². The molecule has 0 aliphatic carbocycles. The van der Waals surface area contributed by atoms with Gasteiger partial charge in [-0.3, -0.25) is 4.79 Å². The number of likely N-dealkylation sites (tertiary alicyclic amines) is 1. The van der Waals surface area contributed by atoms with Crippen LogP contribution in [0, 0.1) is 11.7 Å². The predicted molar refractivity (Wildman–Crippen MR) is 113 cm³/mol. The first-order valence-corrected chi connectivity index (χ1v) is 10.5. The van der Waals surface area contributed by atoms with Gasteiger partial charge in [-0.15, -0.1) is 0 Å². The Hall–Kier alpha value is -1.99. The lowest BCUT2D eigenvalue weighted by molar-refractivity contribution is -0.0307. The maximum atomic E-state index is 15.5. The summed E-state index contributed by atoms with van der Waals surface area (Å²) >= 11 is 5.99. The zero-order valence-electron chi connectivity index (χ0n) is 17.3. The molecule has 2 unspecified atom stereocenters. The van der Waals surface area contributed by atoms with Gasteiger partial charge in [0.05, 0.1) is 16.7 Å². The molecule has 0 spiro atoms. The van der Waals surface area contributed by atoms with Gasteiger partial charge >= 0.3 is 0 Å². The van der Waals surface area contributed by atoms with E-state index in [9.17, 15) is 9.90 Å². The molecule has 1 fully saturated rings. The summed E-state index contributed by atoms with van der Waals surface area (Å²) in [7, 11) is 3.47. The number of nitrogens with one attached hydrogen (secondary N) is 1. The number of carbonyl (C=O) groups excluding carboxylic acids is 1. The topological polar surface area (TPSA) is 61.8 Å². The standard InChI is InChI=1S/C23H26ClFN2O3/c1-22(29,14-8-10-27(2)11-9-14)16-12-18-20(19(25)13-16)23(30-3,26-21(18)28)15-4-6-17(24)7-5-15/h4-7,12-14,29H,8-11H2,1-3H3,(H,26,28). The fraction of sp³-hybridized carbons (Fsp3) is 0.435. The number of fused-ring (bicyclic) bond motifs is 1. The molecule has 160 valence electrons. The van der Waals surface area contributed by atoms with Gasteiger partial charge in [0.15, 0.2) is 5.72 Å². The van der Waals surface area contributed by atoms with Crippen LogP contribution in [0.2, 0.25) is 5.02 Å². The molecule has 5 nitrogen and oxygen atoms in total. The molecular weight excluding hydrogens is 407 g/mol. The Bertz CT molecular complexity index is 971. The summed E-state index contributed by atoms with van der Waals surface area (Å²) in [5.74, 6) is -1.05. The molecule has 30 heavy (non-hydrogen) atoms. The lowest BCUT2D eigenvalue weighted by atomic mass is 9.76. The van der Waals surface area contributed by atoms with Gasteiger partial charge in [-0.25, -0.2) is 4.39 Å². The summed E-state index contributed by atoms with van der Waals surface area (Å²) in [4.78, 5) is 15.1. The predicted octanol–water partition coefficient (Wildman–Crippen LogP) is 3.62. The van der Waals surface area contributed by atoms with Crippen molar-refractivity contribution < 1.29 is 19.0 Å². The van der Waals surface area contributed by atoms with Crippen LogP contribution in [0.25, 0.3) is 0 Å². The van der Waals surface area contributed by atoms with E-state index in [4.69, 9.17) is 16.3 Å². The van der Waals surface area contributed by atoms with Crippen LogP contribution in [0.1, 0.15) is 46.8 Å². The molecule has 2 aliphatic rings.